The fraction of sp³-hybridized carbons (Fsp3) is 0.500. The van der Waals surface area contributed by atoms with E-state index in [0.717, 1.165) is 20.8 Å². The summed E-state index contributed by atoms with van der Waals surface area (Å²) in [4.78, 5) is 46.4. The lowest BCUT2D eigenvalue weighted by Crippen LogP contribution is -2.63. The van der Waals surface area contributed by atoms with Gasteiger partial charge in [0.25, 0.3) is 0 Å². The van der Waals surface area contributed by atoms with Crippen LogP contribution >= 0.6 is 0 Å². The van der Waals surface area contributed by atoms with Crippen LogP contribution < -0.4 is 10.5 Å². The topological polar surface area (TPSA) is 161 Å². The number of rotatable bonds is 8. The standard InChI is InChI=1S/C20H25NO10/c1-10(23)27-17-15(9-22)31-20(19(29-12(3)25)18(17)28-11(2)24)30-14-7-5-4-6-13(14)8-16(21)26/h4-7,15,17-20,22H,8-9H2,1-3H3,(H2,21,26)/t15-,17-,18+,19-,20-/m1/s1. The first-order valence-electron chi connectivity index (χ1n) is 9.43. The van der Waals surface area contributed by atoms with Gasteiger partial charge in [-0.3, -0.25) is 19.2 Å². The minimum Gasteiger partial charge on any atom is -0.460 e. The summed E-state index contributed by atoms with van der Waals surface area (Å²) in [5, 5.41) is 9.77. The van der Waals surface area contributed by atoms with E-state index in [1.807, 2.05) is 0 Å². The molecule has 0 saturated carbocycles. The lowest BCUT2D eigenvalue weighted by molar-refractivity contribution is -0.288. The van der Waals surface area contributed by atoms with Crippen molar-refractivity contribution < 1.29 is 48.0 Å². The molecule has 3 N–H and O–H groups in total. The van der Waals surface area contributed by atoms with Crippen LogP contribution in [0.5, 0.6) is 5.75 Å². The smallest absolute Gasteiger partial charge is 0.303 e. The molecule has 1 fully saturated rings. The molecule has 1 aliphatic rings. The summed E-state index contributed by atoms with van der Waals surface area (Å²) < 4.78 is 27.3. The molecule has 31 heavy (non-hydrogen) atoms. The average Bonchev–Trinajstić information content (AvgIpc) is 2.66. The van der Waals surface area contributed by atoms with Gasteiger partial charge in [0.15, 0.2) is 12.2 Å². The molecule has 0 bridgehead atoms. The second-order valence-electron chi connectivity index (χ2n) is 6.82. The van der Waals surface area contributed by atoms with Crippen LogP contribution in [0.15, 0.2) is 24.3 Å². The van der Waals surface area contributed by atoms with E-state index in [4.69, 9.17) is 29.4 Å². The number of hydrogen-bond acceptors (Lipinski definition) is 10. The Balaban J connectivity index is 2.44. The molecule has 11 heteroatoms. The van der Waals surface area contributed by atoms with Crippen LogP contribution in [0.25, 0.3) is 0 Å². The van der Waals surface area contributed by atoms with Gasteiger partial charge in [0.2, 0.25) is 18.3 Å². The molecule has 170 valence electrons. The van der Waals surface area contributed by atoms with E-state index in [2.05, 4.69) is 0 Å². The number of esters is 3. The molecule has 0 radical (unpaired) electrons. The van der Waals surface area contributed by atoms with E-state index in [9.17, 15) is 24.3 Å². The fourth-order valence-electron chi connectivity index (χ4n) is 3.17. The zero-order valence-electron chi connectivity index (χ0n) is 17.3. The van der Waals surface area contributed by atoms with Gasteiger partial charge in [0.05, 0.1) is 13.0 Å². The number of carbonyl (C=O) groups is 4. The monoisotopic (exact) mass is 439 g/mol. The van der Waals surface area contributed by atoms with Crippen molar-refractivity contribution in [1.82, 2.24) is 0 Å². The average molecular weight is 439 g/mol. The number of aliphatic hydroxyl groups excluding tert-OH is 1. The summed E-state index contributed by atoms with van der Waals surface area (Å²) in [5.74, 6) is -2.61. The van der Waals surface area contributed by atoms with Crippen LogP contribution in [-0.2, 0) is 44.5 Å². The quantitative estimate of drug-likeness (QED) is 0.403. The van der Waals surface area contributed by atoms with E-state index >= 15 is 0 Å². The third-order valence-corrected chi connectivity index (χ3v) is 4.26. The molecule has 11 nitrogen and oxygen atoms in total. The van der Waals surface area contributed by atoms with E-state index in [-0.39, 0.29) is 12.2 Å². The Morgan fingerprint density at radius 1 is 0.935 bits per heavy atom. The van der Waals surface area contributed by atoms with Gasteiger partial charge in [0, 0.05) is 26.3 Å². The molecule has 1 heterocycles. The third-order valence-electron chi connectivity index (χ3n) is 4.26. The van der Waals surface area contributed by atoms with Gasteiger partial charge < -0.3 is 34.5 Å². The number of benzene rings is 1. The predicted octanol–water partition coefficient (Wildman–Crippen LogP) is -0.394. The normalized spacial score (nSPS) is 25.2. The number of carbonyl (C=O) groups excluding carboxylic acids is 4. The highest BCUT2D eigenvalue weighted by atomic mass is 16.7. The molecule has 0 unspecified atom stereocenters. The van der Waals surface area contributed by atoms with Crippen molar-refractivity contribution in [1.29, 1.82) is 0 Å². The maximum Gasteiger partial charge on any atom is 0.303 e. The highest BCUT2D eigenvalue weighted by Crippen LogP contribution is 2.31. The second kappa shape index (κ2) is 10.7. The Kier molecular flexibility index (Phi) is 8.34. The summed E-state index contributed by atoms with van der Waals surface area (Å²) in [5.41, 5.74) is 5.71. The van der Waals surface area contributed by atoms with Crippen LogP contribution in [0, 0.1) is 0 Å². The number of aliphatic hydroxyl groups is 1. The Bertz CT molecular complexity index is 826. The minimum absolute atomic E-state index is 0.131. The van der Waals surface area contributed by atoms with Crippen LogP contribution in [0.3, 0.4) is 0 Å². The second-order valence-corrected chi connectivity index (χ2v) is 6.82. The van der Waals surface area contributed by atoms with E-state index in [0.29, 0.717) is 5.56 Å². The number of amides is 1. The molecule has 2 rings (SSSR count). The van der Waals surface area contributed by atoms with Crippen molar-refractivity contribution in [3.63, 3.8) is 0 Å². The van der Waals surface area contributed by atoms with E-state index in [1.165, 1.54) is 0 Å². The molecule has 1 aliphatic heterocycles. The Morgan fingerprint density at radius 2 is 1.48 bits per heavy atom. The number of para-hydroxylation sites is 1. The van der Waals surface area contributed by atoms with E-state index < -0.39 is 61.1 Å². The zero-order valence-corrected chi connectivity index (χ0v) is 17.3. The van der Waals surface area contributed by atoms with Crippen molar-refractivity contribution in [2.75, 3.05) is 6.61 Å². The first-order valence-corrected chi connectivity index (χ1v) is 9.43. The van der Waals surface area contributed by atoms with Crippen LogP contribution in [0.2, 0.25) is 0 Å². The Hall–Kier alpha value is -3.18. The van der Waals surface area contributed by atoms with Crippen molar-refractivity contribution in [2.24, 2.45) is 5.73 Å². The number of ether oxygens (including phenoxy) is 5. The predicted molar refractivity (Wildman–Crippen MR) is 102 cm³/mol. The molecule has 5 atom stereocenters. The summed E-state index contributed by atoms with van der Waals surface area (Å²) in [6, 6.07) is 6.46. The highest BCUT2D eigenvalue weighted by molar-refractivity contribution is 5.77. The molecule has 1 aromatic carbocycles. The van der Waals surface area contributed by atoms with Crippen molar-refractivity contribution in [3.8, 4) is 5.75 Å². The zero-order chi connectivity index (χ0) is 23.1. The van der Waals surface area contributed by atoms with Crippen molar-refractivity contribution in [3.05, 3.63) is 29.8 Å². The van der Waals surface area contributed by atoms with Gasteiger partial charge in [-0.25, -0.2) is 0 Å². The van der Waals surface area contributed by atoms with Gasteiger partial charge in [0.1, 0.15) is 11.9 Å². The Morgan fingerprint density at radius 3 is 2.03 bits per heavy atom. The van der Waals surface area contributed by atoms with Gasteiger partial charge >= 0.3 is 17.9 Å². The number of primary amides is 1. The number of hydrogen-bond donors (Lipinski definition) is 2. The van der Waals surface area contributed by atoms with Gasteiger partial charge in [-0.1, -0.05) is 18.2 Å². The largest absolute Gasteiger partial charge is 0.460 e. The summed E-state index contributed by atoms with van der Waals surface area (Å²) in [6.45, 7) is 2.76. The molecule has 0 aromatic heterocycles. The SMILES string of the molecule is CC(=O)O[C@@H]1[C@@H](OC(C)=O)[C@H](Oc2ccccc2CC(N)=O)O[C@H](CO)[C@H]1OC(C)=O. The molecule has 1 saturated heterocycles. The minimum atomic E-state index is -1.37. The van der Waals surface area contributed by atoms with Crippen molar-refractivity contribution >= 4 is 23.8 Å². The number of nitrogens with two attached hydrogens (primary N) is 1. The first kappa shape index (κ1) is 24.1. The molecule has 0 aliphatic carbocycles. The molecule has 0 spiro atoms. The maximum atomic E-state index is 11.7. The summed E-state index contributed by atoms with van der Waals surface area (Å²) >= 11 is 0. The first-order chi connectivity index (χ1) is 14.6. The fourth-order valence-corrected chi connectivity index (χ4v) is 3.17. The Labute approximate surface area is 178 Å². The van der Waals surface area contributed by atoms with Crippen LogP contribution in [-0.4, -0.2) is 66.2 Å². The molecular weight excluding hydrogens is 414 g/mol. The third kappa shape index (κ3) is 6.66. The van der Waals surface area contributed by atoms with Crippen LogP contribution in [0.1, 0.15) is 26.3 Å². The molecule has 1 aromatic rings. The molecular formula is C20H25NO10. The lowest BCUT2D eigenvalue weighted by atomic mass is 9.98. The summed E-state index contributed by atoms with van der Waals surface area (Å²) in [7, 11) is 0. The summed E-state index contributed by atoms with van der Waals surface area (Å²) in [6.07, 6.45) is -6.61. The van der Waals surface area contributed by atoms with Gasteiger partial charge in [-0.05, 0) is 6.07 Å². The van der Waals surface area contributed by atoms with Gasteiger partial charge in [-0.2, -0.15) is 0 Å². The van der Waals surface area contributed by atoms with Crippen LogP contribution in [0.4, 0.5) is 0 Å². The van der Waals surface area contributed by atoms with E-state index in [1.54, 1.807) is 24.3 Å². The van der Waals surface area contributed by atoms with Crippen molar-refractivity contribution in [2.45, 2.75) is 57.9 Å². The lowest BCUT2D eigenvalue weighted by Gasteiger charge is -2.43. The maximum absolute atomic E-state index is 11.7. The molecule has 1 amide bonds. The van der Waals surface area contributed by atoms with Gasteiger partial charge in [-0.15, -0.1) is 0 Å². The highest BCUT2D eigenvalue weighted by Gasteiger charge is 2.52.